The van der Waals surface area contributed by atoms with Crippen molar-refractivity contribution in [3.05, 3.63) is 71.4 Å². The Morgan fingerprint density at radius 2 is 1.90 bits per heavy atom. The van der Waals surface area contributed by atoms with E-state index in [9.17, 15) is 5.11 Å². The van der Waals surface area contributed by atoms with Crippen LogP contribution in [0.5, 0.6) is 0 Å². The fourth-order valence-electron chi connectivity index (χ4n) is 2.13. The highest BCUT2D eigenvalue weighted by atomic mass is 35.5. The Hall–Kier alpha value is -2.17. The van der Waals surface area contributed by atoms with E-state index < -0.39 is 6.10 Å². The van der Waals surface area contributed by atoms with E-state index in [4.69, 9.17) is 11.6 Å². The van der Waals surface area contributed by atoms with Crippen LogP contribution in [-0.4, -0.2) is 20.1 Å². The number of aliphatic hydroxyl groups is 1. The van der Waals surface area contributed by atoms with Crippen molar-refractivity contribution in [2.24, 2.45) is 0 Å². The zero-order valence-electron chi connectivity index (χ0n) is 11.2. The first kappa shape index (κ1) is 13.8. The highest BCUT2D eigenvalue weighted by Gasteiger charge is 2.11. The Morgan fingerprint density at radius 3 is 2.67 bits per heavy atom. The molecular weight excluding hydrogens is 286 g/mol. The Kier molecular flexibility index (Phi) is 3.99. The summed E-state index contributed by atoms with van der Waals surface area (Å²) >= 11 is 5.93. The van der Waals surface area contributed by atoms with Crippen LogP contribution in [0.25, 0.3) is 11.3 Å². The van der Waals surface area contributed by atoms with Crippen LogP contribution in [-0.2, 0) is 6.54 Å². The summed E-state index contributed by atoms with van der Waals surface area (Å²) in [5.74, 6) is 0. The third kappa shape index (κ3) is 3.29. The molecule has 0 aliphatic heterocycles. The number of halogens is 1. The van der Waals surface area contributed by atoms with Gasteiger partial charge >= 0.3 is 0 Å². The van der Waals surface area contributed by atoms with Crippen LogP contribution in [0.3, 0.4) is 0 Å². The zero-order chi connectivity index (χ0) is 14.7. The van der Waals surface area contributed by atoms with Gasteiger partial charge in [0.05, 0.1) is 18.8 Å². The molecule has 0 fully saturated rings. The monoisotopic (exact) mass is 299 g/mol. The molecule has 1 N–H and O–H groups in total. The van der Waals surface area contributed by atoms with Crippen molar-refractivity contribution in [3.63, 3.8) is 0 Å². The third-order valence-electron chi connectivity index (χ3n) is 3.20. The second-order valence-electron chi connectivity index (χ2n) is 4.76. The normalized spacial score (nSPS) is 12.3. The van der Waals surface area contributed by atoms with Gasteiger partial charge in [-0.25, -0.2) is 4.68 Å². The first-order valence-corrected chi connectivity index (χ1v) is 6.99. The number of nitrogens with zero attached hydrogens (tertiary/aromatic N) is 3. The van der Waals surface area contributed by atoms with Gasteiger partial charge in [-0.05, 0) is 17.7 Å². The second-order valence-corrected chi connectivity index (χ2v) is 5.20. The van der Waals surface area contributed by atoms with Crippen LogP contribution in [0.15, 0.2) is 60.8 Å². The molecule has 4 nitrogen and oxygen atoms in total. The quantitative estimate of drug-likeness (QED) is 0.804. The molecule has 2 aromatic carbocycles. The van der Waals surface area contributed by atoms with E-state index in [1.54, 1.807) is 16.8 Å². The maximum absolute atomic E-state index is 10.2. The molecule has 0 unspecified atom stereocenters. The van der Waals surface area contributed by atoms with Crippen molar-refractivity contribution in [1.29, 1.82) is 0 Å². The fraction of sp³-hybridized carbons (Fsp3) is 0.125. The van der Waals surface area contributed by atoms with Crippen LogP contribution < -0.4 is 0 Å². The number of hydrogen-bond donors (Lipinski definition) is 1. The number of benzene rings is 2. The Labute approximate surface area is 127 Å². The van der Waals surface area contributed by atoms with Gasteiger partial charge in [-0.15, -0.1) is 5.10 Å². The molecule has 1 atom stereocenters. The smallest absolute Gasteiger partial charge is 0.113 e. The van der Waals surface area contributed by atoms with Gasteiger partial charge in [0.2, 0.25) is 0 Å². The molecule has 1 aromatic heterocycles. The zero-order valence-corrected chi connectivity index (χ0v) is 12.0. The molecule has 5 heteroatoms. The van der Waals surface area contributed by atoms with Crippen molar-refractivity contribution in [2.75, 3.05) is 0 Å². The van der Waals surface area contributed by atoms with E-state index in [1.165, 1.54) is 0 Å². The van der Waals surface area contributed by atoms with E-state index in [2.05, 4.69) is 10.3 Å². The van der Waals surface area contributed by atoms with Gasteiger partial charge in [0.25, 0.3) is 0 Å². The van der Waals surface area contributed by atoms with Gasteiger partial charge in [-0.3, -0.25) is 0 Å². The largest absolute Gasteiger partial charge is 0.386 e. The van der Waals surface area contributed by atoms with Gasteiger partial charge in [0, 0.05) is 10.6 Å². The highest BCUT2D eigenvalue weighted by molar-refractivity contribution is 6.30. The minimum Gasteiger partial charge on any atom is -0.386 e. The number of hydrogen-bond acceptors (Lipinski definition) is 3. The standard InChI is InChI=1S/C16H14ClN3O/c17-14-8-4-7-13(9-14)16(21)11-20-10-15(18-19-20)12-5-2-1-3-6-12/h1-10,16,21H,11H2/t16-/m0/s1. The molecule has 0 radical (unpaired) electrons. The van der Waals surface area contributed by atoms with Crippen LogP contribution in [0.1, 0.15) is 11.7 Å². The average molecular weight is 300 g/mol. The van der Waals surface area contributed by atoms with Gasteiger partial charge < -0.3 is 5.11 Å². The number of rotatable bonds is 4. The molecule has 21 heavy (non-hydrogen) atoms. The minimum absolute atomic E-state index is 0.334. The Balaban J connectivity index is 1.75. The van der Waals surface area contributed by atoms with E-state index >= 15 is 0 Å². The van der Waals surface area contributed by atoms with Gasteiger partial charge in [-0.2, -0.15) is 0 Å². The van der Waals surface area contributed by atoms with Crippen LogP contribution in [0, 0.1) is 0 Å². The molecule has 106 valence electrons. The lowest BCUT2D eigenvalue weighted by atomic mass is 10.1. The molecule has 0 aliphatic rings. The number of aromatic nitrogens is 3. The van der Waals surface area contributed by atoms with Crippen LogP contribution in [0.2, 0.25) is 5.02 Å². The average Bonchev–Trinajstić information content (AvgIpc) is 2.97. The first-order chi connectivity index (χ1) is 10.2. The van der Waals surface area contributed by atoms with Gasteiger partial charge in [0.15, 0.2) is 0 Å². The predicted molar refractivity (Wildman–Crippen MR) is 81.9 cm³/mol. The summed E-state index contributed by atoms with van der Waals surface area (Å²) in [5, 5.41) is 19.0. The molecule has 0 amide bonds. The van der Waals surface area contributed by atoms with Gasteiger partial charge in [0.1, 0.15) is 5.69 Å². The topological polar surface area (TPSA) is 50.9 Å². The molecular formula is C16H14ClN3O. The van der Waals surface area contributed by atoms with Gasteiger partial charge in [-0.1, -0.05) is 59.3 Å². The molecule has 0 saturated heterocycles. The van der Waals surface area contributed by atoms with E-state index in [0.717, 1.165) is 16.8 Å². The first-order valence-electron chi connectivity index (χ1n) is 6.61. The molecule has 0 bridgehead atoms. The summed E-state index contributed by atoms with van der Waals surface area (Å²) in [4.78, 5) is 0. The fourth-order valence-corrected chi connectivity index (χ4v) is 2.32. The molecule has 3 aromatic rings. The molecule has 0 aliphatic carbocycles. The summed E-state index contributed by atoms with van der Waals surface area (Å²) in [6, 6.07) is 17.0. The van der Waals surface area contributed by atoms with Crippen molar-refractivity contribution in [2.45, 2.75) is 12.6 Å². The highest BCUT2D eigenvalue weighted by Crippen LogP contribution is 2.20. The van der Waals surface area contributed by atoms with Crippen LogP contribution in [0.4, 0.5) is 0 Å². The summed E-state index contributed by atoms with van der Waals surface area (Å²) in [7, 11) is 0. The van der Waals surface area contributed by atoms with Crippen LogP contribution >= 0.6 is 11.6 Å². The molecule has 1 heterocycles. The lowest BCUT2D eigenvalue weighted by Gasteiger charge is -2.10. The third-order valence-corrected chi connectivity index (χ3v) is 3.44. The molecule has 0 spiro atoms. The minimum atomic E-state index is -0.672. The van der Waals surface area contributed by atoms with Crippen molar-refractivity contribution < 1.29 is 5.11 Å². The predicted octanol–water partition coefficient (Wildman–Crippen LogP) is 3.33. The summed E-state index contributed by atoms with van der Waals surface area (Å²) < 4.78 is 1.63. The lowest BCUT2D eigenvalue weighted by molar-refractivity contribution is 0.150. The van der Waals surface area contributed by atoms with E-state index in [1.807, 2.05) is 48.7 Å². The summed E-state index contributed by atoms with van der Waals surface area (Å²) in [6.07, 6.45) is 1.15. The van der Waals surface area contributed by atoms with E-state index in [0.29, 0.717) is 11.6 Å². The summed E-state index contributed by atoms with van der Waals surface area (Å²) in [5.41, 5.74) is 2.55. The maximum Gasteiger partial charge on any atom is 0.113 e. The maximum atomic E-state index is 10.2. The van der Waals surface area contributed by atoms with Crippen molar-refractivity contribution in [3.8, 4) is 11.3 Å². The van der Waals surface area contributed by atoms with Crippen molar-refractivity contribution >= 4 is 11.6 Å². The Bertz CT molecular complexity index is 727. The SMILES string of the molecule is O[C@@H](Cn1cc(-c2ccccc2)nn1)c1cccc(Cl)c1. The molecule has 0 saturated carbocycles. The second kappa shape index (κ2) is 6.08. The van der Waals surface area contributed by atoms with Crippen molar-refractivity contribution in [1.82, 2.24) is 15.0 Å². The summed E-state index contributed by atoms with van der Waals surface area (Å²) in [6.45, 7) is 0.334. The lowest BCUT2D eigenvalue weighted by Crippen LogP contribution is -2.09. The Morgan fingerprint density at radius 1 is 1.10 bits per heavy atom. The number of aliphatic hydroxyl groups excluding tert-OH is 1. The molecule has 3 rings (SSSR count). The van der Waals surface area contributed by atoms with E-state index in [-0.39, 0.29) is 0 Å².